The van der Waals surface area contributed by atoms with Crippen LogP contribution in [-0.4, -0.2) is 53.0 Å². The maximum absolute atomic E-state index is 12.3. The Hall–Kier alpha value is -1.44. The van der Waals surface area contributed by atoms with Crippen LogP contribution in [0.2, 0.25) is 0 Å². The van der Waals surface area contributed by atoms with Gasteiger partial charge in [-0.05, 0) is 19.3 Å². The number of hydrogen-bond acceptors (Lipinski definition) is 5. The van der Waals surface area contributed by atoms with Gasteiger partial charge < -0.3 is 4.90 Å². The molecule has 0 bridgehead atoms. The number of aromatic nitrogens is 3. The lowest BCUT2D eigenvalue weighted by molar-refractivity contribution is 0.196. The normalized spacial score (nSPS) is 11.6. The number of unbranched alkanes of at least 4 members (excludes halogenated alkanes) is 2. The third-order valence-corrected chi connectivity index (χ3v) is 4.79. The Kier molecular flexibility index (Phi) is 7.50. The molecule has 0 saturated carbocycles. The molecule has 7 nitrogen and oxygen atoms in total. The van der Waals surface area contributed by atoms with Gasteiger partial charge in [-0.25, -0.2) is 18.2 Å². The van der Waals surface area contributed by atoms with E-state index in [-0.39, 0.29) is 16.9 Å². The molecule has 1 heterocycles. The lowest BCUT2D eigenvalue weighted by Crippen LogP contribution is -2.36. The first kappa shape index (κ1) is 18.6. The van der Waals surface area contributed by atoms with E-state index in [1.165, 1.54) is 6.33 Å². The summed E-state index contributed by atoms with van der Waals surface area (Å²) in [5, 5.41) is 3.61. The molecular weight excluding hydrogens is 304 g/mol. The molecule has 0 aliphatic heterocycles. The Bertz CT molecular complexity index is 562. The molecule has 1 amide bonds. The summed E-state index contributed by atoms with van der Waals surface area (Å²) in [5.41, 5.74) is 0. The second kappa shape index (κ2) is 8.87. The van der Waals surface area contributed by atoms with Crippen molar-refractivity contribution in [2.45, 2.75) is 58.0 Å². The van der Waals surface area contributed by atoms with E-state index < -0.39 is 9.84 Å². The van der Waals surface area contributed by atoms with E-state index in [0.29, 0.717) is 19.5 Å². The molecule has 0 unspecified atom stereocenters. The van der Waals surface area contributed by atoms with Crippen molar-refractivity contribution in [1.29, 1.82) is 0 Å². The minimum absolute atomic E-state index is 0.0205. The minimum atomic E-state index is -3.51. The van der Waals surface area contributed by atoms with Crippen LogP contribution in [0, 0.1) is 0 Å². The SMILES string of the molecule is CCCCCS(=O)(=O)c1ncn(C(=O)N(CCC)CCC)n1. The molecule has 0 aromatic carbocycles. The predicted octanol–water partition coefficient (Wildman–Crippen LogP) is 2.33. The van der Waals surface area contributed by atoms with Crippen molar-refractivity contribution in [2.75, 3.05) is 18.8 Å². The second-order valence-corrected chi connectivity index (χ2v) is 7.27. The molecule has 22 heavy (non-hydrogen) atoms. The minimum Gasteiger partial charge on any atom is -0.323 e. The monoisotopic (exact) mass is 330 g/mol. The molecule has 0 aliphatic rings. The lowest BCUT2D eigenvalue weighted by Gasteiger charge is -2.20. The third kappa shape index (κ3) is 5.08. The van der Waals surface area contributed by atoms with Gasteiger partial charge in [0.2, 0.25) is 9.84 Å². The number of nitrogens with zero attached hydrogens (tertiary/aromatic N) is 4. The Morgan fingerprint density at radius 2 is 1.77 bits per heavy atom. The molecule has 1 aromatic rings. The number of rotatable bonds is 9. The van der Waals surface area contributed by atoms with E-state index >= 15 is 0 Å². The smallest absolute Gasteiger partial charge is 0.323 e. The second-order valence-electron chi connectivity index (χ2n) is 5.27. The van der Waals surface area contributed by atoms with Crippen LogP contribution in [0.3, 0.4) is 0 Å². The summed E-state index contributed by atoms with van der Waals surface area (Å²) < 4.78 is 25.2. The van der Waals surface area contributed by atoms with Crippen molar-refractivity contribution in [3.05, 3.63) is 6.33 Å². The average molecular weight is 330 g/mol. The van der Waals surface area contributed by atoms with Crippen molar-refractivity contribution >= 4 is 15.9 Å². The van der Waals surface area contributed by atoms with Crippen molar-refractivity contribution in [3.8, 4) is 0 Å². The van der Waals surface area contributed by atoms with Gasteiger partial charge in [0.15, 0.2) is 0 Å². The lowest BCUT2D eigenvalue weighted by atomic mass is 10.3. The highest BCUT2D eigenvalue weighted by Gasteiger charge is 2.22. The van der Waals surface area contributed by atoms with Crippen LogP contribution in [0.25, 0.3) is 0 Å². The van der Waals surface area contributed by atoms with Gasteiger partial charge in [0.25, 0.3) is 5.16 Å². The van der Waals surface area contributed by atoms with Crippen molar-refractivity contribution in [1.82, 2.24) is 19.7 Å². The summed E-state index contributed by atoms with van der Waals surface area (Å²) in [6.45, 7) is 7.21. The van der Waals surface area contributed by atoms with Gasteiger partial charge in [-0.3, -0.25) is 0 Å². The maximum Gasteiger partial charge on any atom is 0.346 e. The Labute approximate surface area is 132 Å². The summed E-state index contributed by atoms with van der Waals surface area (Å²) in [6, 6.07) is -0.328. The topological polar surface area (TPSA) is 85.2 Å². The van der Waals surface area contributed by atoms with Gasteiger partial charge >= 0.3 is 6.03 Å². The first-order chi connectivity index (χ1) is 10.5. The van der Waals surface area contributed by atoms with Gasteiger partial charge in [0.05, 0.1) is 5.75 Å². The zero-order valence-electron chi connectivity index (χ0n) is 13.7. The van der Waals surface area contributed by atoms with Gasteiger partial charge in [0, 0.05) is 13.1 Å². The fraction of sp³-hybridized carbons (Fsp3) is 0.786. The summed E-state index contributed by atoms with van der Waals surface area (Å²) in [7, 11) is -3.51. The number of carbonyl (C=O) groups excluding carboxylic acids is 1. The molecular formula is C14H26N4O3S. The first-order valence-electron chi connectivity index (χ1n) is 7.89. The van der Waals surface area contributed by atoms with Crippen LogP contribution in [0.1, 0.15) is 52.9 Å². The molecule has 0 spiro atoms. The Morgan fingerprint density at radius 1 is 1.14 bits per heavy atom. The third-order valence-electron chi connectivity index (χ3n) is 3.22. The molecule has 126 valence electrons. The molecule has 0 radical (unpaired) electrons. The van der Waals surface area contributed by atoms with E-state index in [4.69, 9.17) is 0 Å². The standard InChI is InChI=1S/C14H26N4O3S/c1-4-7-8-11-22(20,21)13-15-12-18(16-13)14(19)17(9-5-2)10-6-3/h12H,4-11H2,1-3H3. The number of sulfone groups is 1. The van der Waals surface area contributed by atoms with Crippen molar-refractivity contribution in [3.63, 3.8) is 0 Å². The first-order valence-corrected chi connectivity index (χ1v) is 9.55. The van der Waals surface area contributed by atoms with Crippen LogP contribution in [0.4, 0.5) is 4.79 Å². The van der Waals surface area contributed by atoms with Gasteiger partial charge in [0.1, 0.15) is 6.33 Å². The highest BCUT2D eigenvalue weighted by Crippen LogP contribution is 2.09. The summed E-state index contributed by atoms with van der Waals surface area (Å²) in [4.78, 5) is 17.8. The summed E-state index contributed by atoms with van der Waals surface area (Å²) in [5.74, 6) is 0.0205. The molecule has 8 heteroatoms. The zero-order valence-corrected chi connectivity index (χ0v) is 14.5. The van der Waals surface area contributed by atoms with E-state index in [0.717, 1.165) is 30.4 Å². The van der Waals surface area contributed by atoms with Crippen molar-refractivity contribution in [2.24, 2.45) is 0 Å². The predicted molar refractivity (Wildman–Crippen MR) is 84.5 cm³/mol. The van der Waals surface area contributed by atoms with E-state index in [1.54, 1.807) is 4.90 Å². The quantitative estimate of drug-likeness (QED) is 0.649. The number of carbonyl (C=O) groups is 1. The Morgan fingerprint density at radius 3 is 2.32 bits per heavy atom. The highest BCUT2D eigenvalue weighted by molar-refractivity contribution is 7.91. The fourth-order valence-corrected chi connectivity index (χ4v) is 3.29. The molecule has 1 rings (SSSR count). The fourth-order valence-electron chi connectivity index (χ4n) is 2.10. The van der Waals surface area contributed by atoms with Gasteiger partial charge in [-0.1, -0.05) is 33.6 Å². The zero-order chi connectivity index (χ0) is 16.6. The molecule has 0 fully saturated rings. The van der Waals surface area contributed by atoms with E-state index in [2.05, 4.69) is 10.1 Å². The molecule has 1 aromatic heterocycles. The van der Waals surface area contributed by atoms with Gasteiger partial charge in [-0.2, -0.15) is 4.68 Å². The molecule has 0 aliphatic carbocycles. The largest absolute Gasteiger partial charge is 0.346 e. The van der Waals surface area contributed by atoms with Gasteiger partial charge in [-0.15, -0.1) is 5.10 Å². The van der Waals surface area contributed by atoms with Crippen LogP contribution < -0.4 is 0 Å². The number of amides is 1. The molecule has 0 saturated heterocycles. The summed E-state index contributed by atoms with van der Waals surface area (Å²) >= 11 is 0. The van der Waals surface area contributed by atoms with E-state index in [9.17, 15) is 13.2 Å². The Balaban J connectivity index is 2.83. The van der Waals surface area contributed by atoms with Crippen LogP contribution in [0.5, 0.6) is 0 Å². The summed E-state index contributed by atoms with van der Waals surface area (Å²) in [6.07, 6.45) is 5.23. The van der Waals surface area contributed by atoms with Crippen LogP contribution in [-0.2, 0) is 9.84 Å². The molecule has 0 N–H and O–H groups in total. The van der Waals surface area contributed by atoms with Crippen LogP contribution in [0.15, 0.2) is 11.5 Å². The van der Waals surface area contributed by atoms with Crippen LogP contribution >= 0.6 is 0 Å². The average Bonchev–Trinajstić information content (AvgIpc) is 2.97. The molecule has 0 atom stereocenters. The maximum atomic E-state index is 12.3. The van der Waals surface area contributed by atoms with E-state index in [1.807, 2.05) is 20.8 Å². The number of hydrogen-bond donors (Lipinski definition) is 0. The van der Waals surface area contributed by atoms with Crippen molar-refractivity contribution < 1.29 is 13.2 Å². The highest BCUT2D eigenvalue weighted by atomic mass is 32.2.